The fraction of sp³-hybridized carbons (Fsp3) is 0.118. The van der Waals surface area contributed by atoms with Gasteiger partial charge < -0.3 is 0 Å². The first-order valence-corrected chi connectivity index (χ1v) is 7.91. The van der Waals surface area contributed by atoms with Crippen molar-refractivity contribution in [2.24, 2.45) is 0 Å². The SMILES string of the molecule is Cc1cccc(-c2nc(SCC(=O)c3ccccc3)n[nH]2)c1. The Bertz CT molecular complexity index is 783. The van der Waals surface area contributed by atoms with E-state index in [1.165, 1.54) is 17.3 Å². The minimum absolute atomic E-state index is 0.0764. The first-order valence-electron chi connectivity index (χ1n) is 6.93. The summed E-state index contributed by atoms with van der Waals surface area (Å²) in [5.74, 6) is 1.13. The van der Waals surface area contributed by atoms with Crippen LogP contribution in [0.1, 0.15) is 15.9 Å². The zero-order chi connectivity index (χ0) is 15.4. The molecule has 0 atom stereocenters. The number of nitrogens with zero attached hydrogens (tertiary/aromatic N) is 2. The molecule has 0 unspecified atom stereocenters. The average molecular weight is 309 g/mol. The molecule has 0 amide bonds. The summed E-state index contributed by atoms with van der Waals surface area (Å²) in [6.45, 7) is 2.04. The molecule has 0 aliphatic rings. The largest absolute Gasteiger partial charge is 0.293 e. The van der Waals surface area contributed by atoms with E-state index in [9.17, 15) is 4.79 Å². The van der Waals surface area contributed by atoms with Gasteiger partial charge in [0, 0.05) is 11.1 Å². The summed E-state index contributed by atoms with van der Waals surface area (Å²) in [7, 11) is 0. The van der Waals surface area contributed by atoms with Crippen LogP contribution in [0.2, 0.25) is 0 Å². The maximum atomic E-state index is 12.1. The first-order chi connectivity index (χ1) is 10.7. The third-order valence-electron chi connectivity index (χ3n) is 3.18. The molecule has 0 aliphatic carbocycles. The number of carbonyl (C=O) groups is 1. The minimum atomic E-state index is 0.0764. The Balaban J connectivity index is 1.66. The predicted octanol–water partition coefficient (Wildman–Crippen LogP) is 3.76. The normalized spacial score (nSPS) is 10.6. The highest BCUT2D eigenvalue weighted by atomic mass is 32.2. The van der Waals surface area contributed by atoms with Crippen LogP contribution >= 0.6 is 11.8 Å². The maximum absolute atomic E-state index is 12.1. The zero-order valence-corrected chi connectivity index (χ0v) is 12.9. The van der Waals surface area contributed by atoms with Crippen molar-refractivity contribution in [2.45, 2.75) is 12.1 Å². The van der Waals surface area contributed by atoms with Crippen LogP contribution in [0.5, 0.6) is 0 Å². The third-order valence-corrected chi connectivity index (χ3v) is 4.03. The second kappa shape index (κ2) is 6.58. The molecular formula is C17H15N3OS. The van der Waals surface area contributed by atoms with Gasteiger partial charge in [0.05, 0.1) is 5.75 Å². The van der Waals surface area contributed by atoms with E-state index >= 15 is 0 Å². The predicted molar refractivity (Wildman–Crippen MR) is 88.1 cm³/mol. The van der Waals surface area contributed by atoms with Crippen LogP contribution in [0.15, 0.2) is 59.8 Å². The molecular weight excluding hydrogens is 294 g/mol. The highest BCUT2D eigenvalue weighted by Gasteiger charge is 2.10. The van der Waals surface area contributed by atoms with Crippen LogP contribution in [-0.4, -0.2) is 26.7 Å². The number of hydrogen-bond donors (Lipinski definition) is 1. The van der Waals surface area contributed by atoms with Crippen molar-refractivity contribution >= 4 is 17.5 Å². The highest BCUT2D eigenvalue weighted by Crippen LogP contribution is 2.20. The molecule has 110 valence electrons. The molecule has 3 rings (SSSR count). The molecule has 1 heterocycles. The van der Waals surface area contributed by atoms with Crippen molar-refractivity contribution in [3.63, 3.8) is 0 Å². The summed E-state index contributed by atoms with van der Waals surface area (Å²) in [5, 5.41) is 7.67. The number of hydrogen-bond acceptors (Lipinski definition) is 4. The van der Waals surface area contributed by atoms with Crippen molar-refractivity contribution in [2.75, 3.05) is 5.75 Å². The van der Waals surface area contributed by atoms with Gasteiger partial charge in [-0.1, -0.05) is 65.9 Å². The number of ketones is 1. The molecule has 4 nitrogen and oxygen atoms in total. The minimum Gasteiger partial charge on any atom is -0.293 e. The number of aryl methyl sites for hydroxylation is 1. The number of Topliss-reactive ketones (excluding diaryl/α,β-unsaturated/α-hetero) is 1. The van der Waals surface area contributed by atoms with Gasteiger partial charge in [-0.25, -0.2) is 4.98 Å². The summed E-state index contributed by atoms with van der Waals surface area (Å²) in [6, 6.07) is 17.3. The topological polar surface area (TPSA) is 58.6 Å². The lowest BCUT2D eigenvalue weighted by Gasteiger charge is -1.98. The second-order valence-electron chi connectivity index (χ2n) is 4.91. The van der Waals surface area contributed by atoms with Crippen LogP contribution < -0.4 is 0 Å². The molecule has 0 fully saturated rings. The standard InChI is InChI=1S/C17H15N3OS/c1-12-6-5-9-14(10-12)16-18-17(20-19-16)22-11-15(21)13-7-3-2-4-8-13/h2-10H,11H2,1H3,(H,18,19,20). The van der Waals surface area contributed by atoms with E-state index in [1.54, 1.807) is 0 Å². The van der Waals surface area contributed by atoms with E-state index < -0.39 is 0 Å². The molecule has 0 saturated carbocycles. The van der Waals surface area contributed by atoms with E-state index in [0.29, 0.717) is 16.5 Å². The number of benzene rings is 2. The molecule has 5 heteroatoms. The van der Waals surface area contributed by atoms with E-state index in [-0.39, 0.29) is 5.78 Å². The summed E-state index contributed by atoms with van der Waals surface area (Å²) in [5.41, 5.74) is 2.88. The van der Waals surface area contributed by atoms with Gasteiger partial charge in [0.1, 0.15) is 0 Å². The number of thioether (sulfide) groups is 1. The van der Waals surface area contributed by atoms with Crippen LogP contribution in [-0.2, 0) is 0 Å². The Morgan fingerprint density at radius 2 is 1.95 bits per heavy atom. The molecule has 0 aliphatic heterocycles. The lowest BCUT2D eigenvalue weighted by Crippen LogP contribution is -2.01. The smallest absolute Gasteiger partial charge is 0.209 e. The quantitative estimate of drug-likeness (QED) is 0.576. The van der Waals surface area contributed by atoms with Gasteiger partial charge in [0.2, 0.25) is 5.16 Å². The average Bonchev–Trinajstić information content (AvgIpc) is 3.02. The Hall–Kier alpha value is -2.40. The first kappa shape index (κ1) is 14.5. The molecule has 1 aromatic heterocycles. The monoisotopic (exact) mass is 309 g/mol. The van der Waals surface area contributed by atoms with E-state index in [0.717, 1.165) is 11.4 Å². The summed E-state index contributed by atoms with van der Waals surface area (Å²) >= 11 is 1.34. The molecule has 22 heavy (non-hydrogen) atoms. The van der Waals surface area contributed by atoms with Gasteiger partial charge in [-0.3, -0.25) is 9.89 Å². The number of carbonyl (C=O) groups excluding carboxylic acids is 1. The van der Waals surface area contributed by atoms with Crippen LogP contribution in [0, 0.1) is 6.92 Å². The van der Waals surface area contributed by atoms with Crippen LogP contribution in [0.3, 0.4) is 0 Å². The third kappa shape index (κ3) is 3.43. The molecule has 1 N–H and O–H groups in total. The fourth-order valence-corrected chi connectivity index (χ4v) is 2.76. The Morgan fingerprint density at radius 1 is 1.14 bits per heavy atom. The Labute approximate surface area is 133 Å². The van der Waals surface area contributed by atoms with Gasteiger partial charge >= 0.3 is 0 Å². The van der Waals surface area contributed by atoms with E-state index in [4.69, 9.17) is 0 Å². The van der Waals surface area contributed by atoms with Gasteiger partial charge in [0.25, 0.3) is 0 Å². The summed E-state index contributed by atoms with van der Waals surface area (Å²) in [6.07, 6.45) is 0. The number of nitrogens with one attached hydrogen (secondary N) is 1. The molecule has 2 aromatic carbocycles. The molecule has 0 spiro atoms. The summed E-state index contributed by atoms with van der Waals surface area (Å²) < 4.78 is 0. The van der Waals surface area contributed by atoms with Crippen molar-refractivity contribution in [1.29, 1.82) is 0 Å². The van der Waals surface area contributed by atoms with Gasteiger partial charge in [-0.15, -0.1) is 5.10 Å². The molecule has 0 bridgehead atoms. The van der Waals surface area contributed by atoms with Gasteiger partial charge in [-0.05, 0) is 13.0 Å². The molecule has 0 radical (unpaired) electrons. The maximum Gasteiger partial charge on any atom is 0.209 e. The fourth-order valence-electron chi connectivity index (χ4n) is 2.07. The van der Waals surface area contributed by atoms with Gasteiger partial charge in [-0.2, -0.15) is 0 Å². The van der Waals surface area contributed by atoms with Crippen molar-refractivity contribution in [1.82, 2.24) is 15.2 Å². The van der Waals surface area contributed by atoms with Crippen LogP contribution in [0.4, 0.5) is 0 Å². The van der Waals surface area contributed by atoms with Crippen molar-refractivity contribution in [3.05, 3.63) is 65.7 Å². The summed E-state index contributed by atoms with van der Waals surface area (Å²) in [4.78, 5) is 16.5. The second-order valence-corrected chi connectivity index (χ2v) is 5.86. The lowest BCUT2D eigenvalue weighted by molar-refractivity contribution is 0.102. The van der Waals surface area contributed by atoms with Crippen molar-refractivity contribution < 1.29 is 4.79 Å². The Kier molecular flexibility index (Phi) is 4.34. The van der Waals surface area contributed by atoms with Gasteiger partial charge in [0.15, 0.2) is 11.6 Å². The number of H-pyrrole nitrogens is 1. The number of aromatic nitrogens is 3. The number of aromatic amines is 1. The molecule has 0 saturated heterocycles. The Morgan fingerprint density at radius 3 is 2.73 bits per heavy atom. The van der Waals surface area contributed by atoms with Crippen molar-refractivity contribution in [3.8, 4) is 11.4 Å². The molecule has 3 aromatic rings. The lowest BCUT2D eigenvalue weighted by atomic mass is 10.1. The zero-order valence-electron chi connectivity index (χ0n) is 12.1. The van der Waals surface area contributed by atoms with Crippen LogP contribution in [0.25, 0.3) is 11.4 Å². The van der Waals surface area contributed by atoms with E-state index in [2.05, 4.69) is 15.2 Å². The van der Waals surface area contributed by atoms with E-state index in [1.807, 2.05) is 61.5 Å². The number of rotatable bonds is 5. The highest BCUT2D eigenvalue weighted by molar-refractivity contribution is 7.99.